The Morgan fingerprint density at radius 1 is 1.24 bits per heavy atom. The van der Waals surface area contributed by atoms with E-state index in [2.05, 4.69) is 5.32 Å². The van der Waals surface area contributed by atoms with Crippen LogP contribution in [0.5, 0.6) is 0 Å². The first kappa shape index (κ1) is 13.3. The average Bonchev–Trinajstić information content (AvgIpc) is 2.76. The molecular weight excluding hydrogens is 274 g/mol. The number of imide groups is 1. The quantitative estimate of drug-likeness (QED) is 0.809. The van der Waals surface area contributed by atoms with Gasteiger partial charge in [0.05, 0.1) is 17.8 Å². The van der Waals surface area contributed by atoms with E-state index in [-0.39, 0.29) is 31.3 Å². The van der Waals surface area contributed by atoms with E-state index < -0.39 is 6.03 Å². The van der Waals surface area contributed by atoms with Gasteiger partial charge in [-0.25, -0.2) is 4.79 Å². The van der Waals surface area contributed by atoms with E-state index in [0.29, 0.717) is 24.1 Å². The summed E-state index contributed by atoms with van der Waals surface area (Å²) < 4.78 is 0. The summed E-state index contributed by atoms with van der Waals surface area (Å²) in [5.74, 6) is -0.588. The number of anilines is 1. The Balaban J connectivity index is 1.98. The Bertz CT molecular complexity index is 656. The average molecular weight is 287 g/mol. The second kappa shape index (κ2) is 5.01. The van der Waals surface area contributed by atoms with Gasteiger partial charge in [-0.15, -0.1) is 0 Å². The molecule has 0 atom stereocenters. The summed E-state index contributed by atoms with van der Waals surface area (Å²) in [5, 5.41) is 2.24. The molecule has 0 saturated carbocycles. The molecule has 0 radical (unpaired) electrons. The van der Waals surface area contributed by atoms with Crippen LogP contribution in [0.1, 0.15) is 22.3 Å². The molecule has 4 amide bonds. The first-order chi connectivity index (χ1) is 10.1. The van der Waals surface area contributed by atoms with E-state index >= 15 is 0 Å². The van der Waals surface area contributed by atoms with Crippen LogP contribution in [0.3, 0.4) is 0 Å². The van der Waals surface area contributed by atoms with E-state index in [1.54, 1.807) is 18.2 Å². The Labute approximate surface area is 120 Å². The van der Waals surface area contributed by atoms with Crippen LogP contribution in [0.4, 0.5) is 10.5 Å². The lowest BCUT2D eigenvalue weighted by molar-refractivity contribution is -0.120. The fourth-order valence-electron chi connectivity index (χ4n) is 2.66. The molecule has 2 heterocycles. The van der Waals surface area contributed by atoms with Crippen molar-refractivity contribution in [1.29, 1.82) is 0 Å². The number of nitrogens with one attached hydrogen (secondary N) is 1. The van der Waals surface area contributed by atoms with Crippen molar-refractivity contribution in [2.45, 2.75) is 13.0 Å². The van der Waals surface area contributed by atoms with Gasteiger partial charge in [-0.1, -0.05) is 12.1 Å². The summed E-state index contributed by atoms with van der Waals surface area (Å²) in [4.78, 5) is 49.0. The molecule has 1 saturated heterocycles. The van der Waals surface area contributed by atoms with E-state index in [4.69, 9.17) is 0 Å². The fourth-order valence-corrected chi connectivity index (χ4v) is 2.66. The second-order valence-corrected chi connectivity index (χ2v) is 4.92. The molecule has 3 rings (SSSR count). The number of hydrogen-bond donors (Lipinski definition) is 1. The molecule has 0 spiro atoms. The minimum Gasteiger partial charge on any atom is -0.327 e. The Kier molecular flexibility index (Phi) is 3.17. The zero-order valence-corrected chi connectivity index (χ0v) is 11.2. The second-order valence-electron chi connectivity index (χ2n) is 4.92. The van der Waals surface area contributed by atoms with Crippen LogP contribution in [-0.4, -0.2) is 42.1 Å². The van der Waals surface area contributed by atoms with Crippen molar-refractivity contribution in [3.05, 3.63) is 29.3 Å². The smallest absolute Gasteiger partial charge is 0.327 e. The normalized spacial score (nSPS) is 17.8. The molecule has 1 fully saturated rings. The van der Waals surface area contributed by atoms with Gasteiger partial charge in [0.25, 0.3) is 5.91 Å². The molecule has 0 aliphatic carbocycles. The largest absolute Gasteiger partial charge is 0.328 e. The number of rotatable bonds is 3. The van der Waals surface area contributed by atoms with Crippen molar-refractivity contribution in [2.24, 2.45) is 0 Å². The molecule has 0 aromatic heterocycles. The summed E-state index contributed by atoms with van der Waals surface area (Å²) in [6.07, 6.45) is 0.872. The summed E-state index contributed by atoms with van der Waals surface area (Å²) >= 11 is 0. The maximum atomic E-state index is 12.4. The Hall–Kier alpha value is -2.70. The molecule has 7 nitrogen and oxygen atoms in total. The van der Waals surface area contributed by atoms with Crippen LogP contribution in [0, 0.1) is 0 Å². The van der Waals surface area contributed by atoms with Crippen molar-refractivity contribution in [1.82, 2.24) is 10.2 Å². The van der Waals surface area contributed by atoms with E-state index in [1.165, 1.54) is 9.80 Å². The molecule has 1 aromatic carbocycles. The number of fused-ring (bicyclic) bond motifs is 1. The third kappa shape index (κ3) is 2.16. The third-order valence-electron chi connectivity index (χ3n) is 3.63. The third-order valence-corrected chi connectivity index (χ3v) is 3.63. The summed E-state index contributed by atoms with van der Waals surface area (Å²) in [6.45, 7) is 0.620. The zero-order chi connectivity index (χ0) is 15.0. The van der Waals surface area contributed by atoms with Gasteiger partial charge in [-0.2, -0.15) is 0 Å². The number of urea groups is 1. The number of amides is 4. The highest BCUT2D eigenvalue weighted by molar-refractivity contribution is 6.11. The predicted molar refractivity (Wildman–Crippen MR) is 72.7 cm³/mol. The topological polar surface area (TPSA) is 86.8 Å². The number of benzene rings is 1. The highest BCUT2D eigenvalue weighted by Gasteiger charge is 2.34. The van der Waals surface area contributed by atoms with Crippen LogP contribution >= 0.6 is 0 Å². The number of hydrogen-bond acceptors (Lipinski definition) is 4. The van der Waals surface area contributed by atoms with Gasteiger partial charge in [0, 0.05) is 19.5 Å². The number of aldehydes is 1. The molecule has 108 valence electrons. The van der Waals surface area contributed by atoms with Crippen LogP contribution in [0.2, 0.25) is 0 Å². The maximum absolute atomic E-state index is 12.4. The van der Waals surface area contributed by atoms with Crippen molar-refractivity contribution >= 4 is 29.8 Å². The standard InChI is InChI=1S/C14H13N3O4/c18-7-6-16-8-9-2-1-3-10(12(9)13(16)20)17-5-4-11(19)15-14(17)21/h1-3,7H,4-6,8H2,(H,15,19,21). The van der Waals surface area contributed by atoms with Crippen molar-refractivity contribution in [3.8, 4) is 0 Å². The van der Waals surface area contributed by atoms with Gasteiger partial charge < -0.3 is 9.69 Å². The van der Waals surface area contributed by atoms with Crippen LogP contribution in [0.15, 0.2) is 18.2 Å². The molecule has 1 aromatic rings. The van der Waals surface area contributed by atoms with Gasteiger partial charge in [-0.3, -0.25) is 19.8 Å². The summed E-state index contributed by atoms with van der Waals surface area (Å²) in [7, 11) is 0. The SMILES string of the molecule is O=CCN1Cc2cccc(N3CCC(=O)NC3=O)c2C1=O. The van der Waals surface area contributed by atoms with Gasteiger partial charge in [-0.05, 0) is 11.6 Å². The predicted octanol–water partition coefficient (Wildman–Crippen LogP) is 0.288. The van der Waals surface area contributed by atoms with E-state index in [9.17, 15) is 19.2 Å². The van der Waals surface area contributed by atoms with Gasteiger partial charge in [0.1, 0.15) is 6.29 Å². The van der Waals surface area contributed by atoms with Crippen molar-refractivity contribution in [2.75, 3.05) is 18.0 Å². The molecular formula is C14H13N3O4. The lowest BCUT2D eigenvalue weighted by Crippen LogP contribution is -2.50. The minimum atomic E-state index is -0.527. The molecule has 2 aliphatic rings. The highest BCUT2D eigenvalue weighted by atomic mass is 16.2. The molecule has 2 aliphatic heterocycles. The van der Waals surface area contributed by atoms with Crippen LogP contribution in [0.25, 0.3) is 0 Å². The fraction of sp³-hybridized carbons (Fsp3) is 0.286. The Morgan fingerprint density at radius 2 is 2.05 bits per heavy atom. The van der Waals surface area contributed by atoms with E-state index in [0.717, 1.165) is 5.56 Å². The van der Waals surface area contributed by atoms with Gasteiger partial charge in [0.15, 0.2) is 0 Å². The number of carbonyl (C=O) groups is 4. The van der Waals surface area contributed by atoms with Crippen molar-refractivity contribution < 1.29 is 19.2 Å². The van der Waals surface area contributed by atoms with Crippen LogP contribution < -0.4 is 10.2 Å². The van der Waals surface area contributed by atoms with Gasteiger partial charge >= 0.3 is 6.03 Å². The minimum absolute atomic E-state index is 0.0254. The maximum Gasteiger partial charge on any atom is 0.328 e. The van der Waals surface area contributed by atoms with E-state index in [1.807, 2.05) is 0 Å². The number of nitrogens with zero attached hydrogens (tertiary/aromatic N) is 2. The first-order valence-corrected chi connectivity index (χ1v) is 6.58. The molecule has 1 N–H and O–H groups in total. The molecule has 0 unspecified atom stereocenters. The molecule has 0 bridgehead atoms. The summed E-state index contributed by atoms with van der Waals surface area (Å²) in [5.41, 5.74) is 1.70. The first-order valence-electron chi connectivity index (χ1n) is 6.58. The zero-order valence-electron chi connectivity index (χ0n) is 11.2. The van der Waals surface area contributed by atoms with Crippen molar-refractivity contribution in [3.63, 3.8) is 0 Å². The number of carbonyl (C=O) groups excluding carboxylic acids is 4. The summed E-state index contributed by atoms with van der Waals surface area (Å²) in [6, 6.07) is 4.71. The lowest BCUT2D eigenvalue weighted by atomic mass is 10.1. The Morgan fingerprint density at radius 3 is 2.76 bits per heavy atom. The monoisotopic (exact) mass is 287 g/mol. The highest BCUT2D eigenvalue weighted by Crippen LogP contribution is 2.32. The molecule has 7 heteroatoms. The van der Waals surface area contributed by atoms with Gasteiger partial charge in [0.2, 0.25) is 5.91 Å². The lowest BCUT2D eigenvalue weighted by Gasteiger charge is -2.27. The molecule has 21 heavy (non-hydrogen) atoms. The van der Waals surface area contributed by atoms with Crippen LogP contribution in [-0.2, 0) is 16.1 Å².